The van der Waals surface area contributed by atoms with Crippen LogP contribution in [0.15, 0.2) is 24.3 Å². The molecule has 1 unspecified atom stereocenters. The van der Waals surface area contributed by atoms with Crippen LogP contribution < -0.4 is 4.74 Å². The summed E-state index contributed by atoms with van der Waals surface area (Å²) in [6, 6.07) is 7.68. The van der Waals surface area contributed by atoms with Crippen LogP contribution in [0.25, 0.3) is 0 Å². The number of carbonyl (C=O) groups is 1. The molecule has 88 valence electrons. The van der Waals surface area contributed by atoms with E-state index in [9.17, 15) is 4.79 Å². The molecule has 16 heavy (non-hydrogen) atoms. The van der Waals surface area contributed by atoms with Crippen LogP contribution in [0.1, 0.15) is 19.4 Å². The number of benzene rings is 1. The van der Waals surface area contributed by atoms with Crippen LogP contribution in [0.5, 0.6) is 5.75 Å². The fourth-order valence-electron chi connectivity index (χ4n) is 1.50. The van der Waals surface area contributed by atoms with E-state index in [0.29, 0.717) is 13.0 Å². The Morgan fingerprint density at radius 2 is 1.94 bits per heavy atom. The van der Waals surface area contributed by atoms with E-state index < -0.39 is 0 Å². The quantitative estimate of drug-likeness (QED) is 0.740. The predicted molar refractivity (Wildman–Crippen MR) is 62.8 cm³/mol. The molecular weight excluding hydrogens is 204 g/mol. The fourth-order valence-corrected chi connectivity index (χ4v) is 1.50. The zero-order valence-corrected chi connectivity index (χ0v) is 10.0. The van der Waals surface area contributed by atoms with Crippen molar-refractivity contribution >= 4 is 5.78 Å². The Labute approximate surface area is 96.4 Å². The molecular formula is C13H18O3. The molecule has 0 spiro atoms. The number of carbonyl (C=O) groups excluding carboxylic acids is 1. The highest BCUT2D eigenvalue weighted by Crippen LogP contribution is 2.13. The molecule has 0 radical (unpaired) electrons. The maximum atomic E-state index is 11.3. The van der Waals surface area contributed by atoms with Gasteiger partial charge in [-0.3, -0.25) is 4.79 Å². The van der Waals surface area contributed by atoms with Crippen molar-refractivity contribution in [2.45, 2.75) is 26.4 Å². The highest BCUT2D eigenvalue weighted by molar-refractivity contribution is 5.80. The van der Waals surface area contributed by atoms with Crippen LogP contribution in [0.4, 0.5) is 0 Å². The van der Waals surface area contributed by atoms with Gasteiger partial charge in [-0.1, -0.05) is 12.1 Å². The minimum absolute atomic E-state index is 0.0673. The second-order valence-electron chi connectivity index (χ2n) is 3.61. The minimum Gasteiger partial charge on any atom is -0.497 e. The average Bonchev–Trinajstić information content (AvgIpc) is 2.29. The summed E-state index contributed by atoms with van der Waals surface area (Å²) >= 11 is 0. The molecule has 3 nitrogen and oxygen atoms in total. The molecule has 3 heteroatoms. The standard InChI is InChI=1S/C13H18O3/c1-4-16-13(10(2)14)9-11-5-7-12(15-3)8-6-11/h5-8,13H,4,9H2,1-3H3. The molecule has 0 aliphatic carbocycles. The third-order valence-corrected chi connectivity index (χ3v) is 2.40. The Morgan fingerprint density at radius 3 is 2.38 bits per heavy atom. The zero-order valence-electron chi connectivity index (χ0n) is 10.0. The first-order valence-corrected chi connectivity index (χ1v) is 5.42. The number of Topliss-reactive ketones (excluding diaryl/α,β-unsaturated/α-hetero) is 1. The normalized spacial score (nSPS) is 12.2. The van der Waals surface area contributed by atoms with E-state index in [1.807, 2.05) is 31.2 Å². The first-order chi connectivity index (χ1) is 7.67. The SMILES string of the molecule is CCOC(Cc1ccc(OC)cc1)C(C)=O. The lowest BCUT2D eigenvalue weighted by atomic mass is 10.1. The first-order valence-electron chi connectivity index (χ1n) is 5.42. The van der Waals surface area contributed by atoms with Crippen molar-refractivity contribution in [2.75, 3.05) is 13.7 Å². The van der Waals surface area contributed by atoms with Crippen molar-refractivity contribution in [2.24, 2.45) is 0 Å². The summed E-state index contributed by atoms with van der Waals surface area (Å²) in [5, 5.41) is 0. The Balaban J connectivity index is 2.65. The molecule has 0 fully saturated rings. The molecule has 0 heterocycles. The summed E-state index contributed by atoms with van der Waals surface area (Å²) in [4.78, 5) is 11.3. The fraction of sp³-hybridized carbons (Fsp3) is 0.462. The highest BCUT2D eigenvalue weighted by atomic mass is 16.5. The number of methoxy groups -OCH3 is 1. The van der Waals surface area contributed by atoms with Crippen LogP contribution in [0, 0.1) is 0 Å². The lowest BCUT2D eigenvalue weighted by Crippen LogP contribution is -2.24. The number of rotatable bonds is 6. The summed E-state index contributed by atoms with van der Waals surface area (Å²) in [6.07, 6.45) is 0.283. The molecule has 0 saturated heterocycles. The van der Waals surface area contributed by atoms with E-state index in [4.69, 9.17) is 9.47 Å². The van der Waals surface area contributed by atoms with Gasteiger partial charge >= 0.3 is 0 Å². The Hall–Kier alpha value is -1.35. The van der Waals surface area contributed by atoms with Crippen LogP contribution in [0.3, 0.4) is 0 Å². The largest absolute Gasteiger partial charge is 0.497 e. The smallest absolute Gasteiger partial charge is 0.158 e. The zero-order chi connectivity index (χ0) is 12.0. The van der Waals surface area contributed by atoms with Gasteiger partial charge in [0.15, 0.2) is 5.78 Å². The van der Waals surface area contributed by atoms with Gasteiger partial charge in [0.05, 0.1) is 7.11 Å². The van der Waals surface area contributed by atoms with Crippen molar-refractivity contribution in [3.63, 3.8) is 0 Å². The molecule has 1 atom stereocenters. The third kappa shape index (κ3) is 3.66. The Morgan fingerprint density at radius 1 is 1.31 bits per heavy atom. The maximum absolute atomic E-state index is 11.3. The molecule has 1 rings (SSSR count). The van der Waals surface area contributed by atoms with Crippen molar-refractivity contribution in [1.29, 1.82) is 0 Å². The van der Waals surface area contributed by atoms with Crippen molar-refractivity contribution in [3.05, 3.63) is 29.8 Å². The summed E-state index contributed by atoms with van der Waals surface area (Å²) in [7, 11) is 1.63. The lowest BCUT2D eigenvalue weighted by molar-refractivity contribution is -0.127. The van der Waals surface area contributed by atoms with Gasteiger partial charge in [0, 0.05) is 13.0 Å². The monoisotopic (exact) mass is 222 g/mol. The average molecular weight is 222 g/mol. The minimum atomic E-state index is -0.335. The van der Waals surface area contributed by atoms with E-state index in [-0.39, 0.29) is 11.9 Å². The van der Waals surface area contributed by atoms with Gasteiger partial charge < -0.3 is 9.47 Å². The van der Waals surface area contributed by atoms with Gasteiger partial charge in [-0.25, -0.2) is 0 Å². The number of ether oxygens (including phenoxy) is 2. The molecule has 1 aromatic rings. The van der Waals surface area contributed by atoms with Crippen molar-refractivity contribution in [1.82, 2.24) is 0 Å². The second kappa shape index (κ2) is 6.28. The topological polar surface area (TPSA) is 35.5 Å². The highest BCUT2D eigenvalue weighted by Gasteiger charge is 2.14. The summed E-state index contributed by atoms with van der Waals surface area (Å²) in [5.41, 5.74) is 1.08. The van der Waals surface area contributed by atoms with Gasteiger partial charge in [0.2, 0.25) is 0 Å². The van der Waals surface area contributed by atoms with E-state index >= 15 is 0 Å². The summed E-state index contributed by atoms with van der Waals surface area (Å²) in [5.74, 6) is 0.886. The Kier molecular flexibility index (Phi) is 4.99. The number of hydrogen-bond donors (Lipinski definition) is 0. The second-order valence-corrected chi connectivity index (χ2v) is 3.61. The van der Waals surface area contributed by atoms with E-state index in [1.54, 1.807) is 14.0 Å². The van der Waals surface area contributed by atoms with Crippen molar-refractivity contribution in [3.8, 4) is 5.75 Å². The molecule has 0 bridgehead atoms. The van der Waals surface area contributed by atoms with E-state index in [0.717, 1.165) is 11.3 Å². The maximum Gasteiger partial charge on any atom is 0.158 e. The molecule has 0 amide bonds. The van der Waals surface area contributed by atoms with Crippen LogP contribution in [-0.4, -0.2) is 25.6 Å². The van der Waals surface area contributed by atoms with Gasteiger partial charge in [-0.2, -0.15) is 0 Å². The van der Waals surface area contributed by atoms with Crippen LogP contribution >= 0.6 is 0 Å². The molecule has 0 saturated carbocycles. The van der Waals surface area contributed by atoms with Crippen LogP contribution in [0.2, 0.25) is 0 Å². The van der Waals surface area contributed by atoms with E-state index in [2.05, 4.69) is 0 Å². The van der Waals surface area contributed by atoms with E-state index in [1.165, 1.54) is 0 Å². The third-order valence-electron chi connectivity index (χ3n) is 2.40. The van der Waals surface area contributed by atoms with Crippen molar-refractivity contribution < 1.29 is 14.3 Å². The lowest BCUT2D eigenvalue weighted by Gasteiger charge is -2.13. The number of hydrogen-bond acceptors (Lipinski definition) is 3. The summed E-state index contributed by atoms with van der Waals surface area (Å²) < 4.78 is 10.5. The van der Waals surface area contributed by atoms with Gasteiger partial charge in [-0.05, 0) is 31.5 Å². The molecule has 0 N–H and O–H groups in total. The van der Waals surface area contributed by atoms with Crippen LogP contribution in [-0.2, 0) is 16.0 Å². The predicted octanol–water partition coefficient (Wildman–Crippen LogP) is 2.23. The molecule has 0 aliphatic rings. The van der Waals surface area contributed by atoms with Gasteiger partial charge in [0.1, 0.15) is 11.9 Å². The van der Waals surface area contributed by atoms with Gasteiger partial charge in [-0.15, -0.1) is 0 Å². The first kappa shape index (κ1) is 12.7. The molecule has 0 aliphatic heterocycles. The summed E-state index contributed by atoms with van der Waals surface area (Å²) in [6.45, 7) is 4.01. The van der Waals surface area contributed by atoms with Gasteiger partial charge in [0.25, 0.3) is 0 Å². The molecule has 0 aromatic heterocycles. The number of ketones is 1. The molecule has 1 aromatic carbocycles. The Bertz CT molecular complexity index is 330.